The Kier molecular flexibility index (Phi) is 3.39. The van der Waals surface area contributed by atoms with E-state index in [4.69, 9.17) is 10.3 Å². The summed E-state index contributed by atoms with van der Waals surface area (Å²) in [7, 11) is 0. The number of nitrogen functional groups attached to an aromatic ring is 1. The van der Waals surface area contributed by atoms with Crippen LogP contribution in [0.1, 0.15) is 18.1 Å². The summed E-state index contributed by atoms with van der Waals surface area (Å²) in [5.41, 5.74) is 10.5. The highest BCUT2D eigenvalue weighted by Gasteiger charge is 2.15. The van der Waals surface area contributed by atoms with Crippen molar-refractivity contribution in [2.45, 2.75) is 20.3 Å². The quantitative estimate of drug-likeness (QED) is 0.745. The summed E-state index contributed by atoms with van der Waals surface area (Å²) in [6, 6.07) is 7.57. The van der Waals surface area contributed by atoms with Crippen LogP contribution in [-0.2, 0) is 6.42 Å². The highest BCUT2D eigenvalue weighted by molar-refractivity contribution is 5.68. The standard InChI is InChI=1S/C16H16N4O/c1-3-11-9-18-8-7-13(11)15-19-16(21-20-15)12-5-4-6-14(17)10(12)2/h4-9H,3,17H2,1-2H3. The van der Waals surface area contributed by atoms with E-state index in [-0.39, 0.29) is 0 Å². The first kappa shape index (κ1) is 13.3. The first-order chi connectivity index (χ1) is 10.2. The minimum absolute atomic E-state index is 0.480. The van der Waals surface area contributed by atoms with Gasteiger partial charge in [0.05, 0.1) is 0 Å². The van der Waals surface area contributed by atoms with Gasteiger partial charge in [0.1, 0.15) is 0 Å². The fourth-order valence-electron chi connectivity index (χ4n) is 2.25. The average Bonchev–Trinajstić information content (AvgIpc) is 2.99. The van der Waals surface area contributed by atoms with Gasteiger partial charge in [-0.1, -0.05) is 18.1 Å². The molecule has 21 heavy (non-hydrogen) atoms. The SMILES string of the molecule is CCc1cnccc1-c1noc(-c2cccc(N)c2C)n1. The third kappa shape index (κ3) is 2.38. The zero-order chi connectivity index (χ0) is 14.8. The molecule has 2 aromatic heterocycles. The Morgan fingerprint density at radius 1 is 1.19 bits per heavy atom. The van der Waals surface area contributed by atoms with Gasteiger partial charge in [-0.25, -0.2) is 0 Å². The molecule has 5 heteroatoms. The van der Waals surface area contributed by atoms with Crippen molar-refractivity contribution in [1.82, 2.24) is 15.1 Å². The van der Waals surface area contributed by atoms with Crippen molar-refractivity contribution in [3.63, 3.8) is 0 Å². The number of pyridine rings is 1. The molecule has 0 aliphatic heterocycles. The highest BCUT2D eigenvalue weighted by Crippen LogP contribution is 2.28. The predicted octanol–water partition coefficient (Wildman–Crippen LogP) is 3.25. The topological polar surface area (TPSA) is 77.8 Å². The van der Waals surface area contributed by atoms with Gasteiger partial charge in [-0.15, -0.1) is 0 Å². The van der Waals surface area contributed by atoms with Gasteiger partial charge < -0.3 is 10.3 Å². The Balaban J connectivity index is 2.06. The van der Waals surface area contributed by atoms with Crippen LogP contribution in [0.2, 0.25) is 0 Å². The molecule has 1 aromatic carbocycles. The fraction of sp³-hybridized carbons (Fsp3) is 0.188. The van der Waals surface area contributed by atoms with Crippen molar-refractivity contribution in [3.8, 4) is 22.8 Å². The maximum atomic E-state index is 5.92. The summed E-state index contributed by atoms with van der Waals surface area (Å²) in [5.74, 6) is 1.06. The highest BCUT2D eigenvalue weighted by atomic mass is 16.5. The molecule has 0 radical (unpaired) electrons. The van der Waals surface area contributed by atoms with Crippen molar-refractivity contribution in [2.75, 3.05) is 5.73 Å². The molecule has 0 atom stereocenters. The summed E-state index contributed by atoms with van der Waals surface area (Å²) in [5, 5.41) is 4.09. The Labute approximate surface area is 122 Å². The van der Waals surface area contributed by atoms with Crippen LogP contribution in [-0.4, -0.2) is 15.1 Å². The van der Waals surface area contributed by atoms with Crippen molar-refractivity contribution in [3.05, 3.63) is 47.8 Å². The number of hydrogen-bond donors (Lipinski definition) is 1. The Morgan fingerprint density at radius 2 is 2.05 bits per heavy atom. The normalized spacial score (nSPS) is 10.8. The molecule has 0 amide bonds. The molecule has 0 saturated carbocycles. The Bertz CT molecular complexity index is 779. The molecular formula is C16H16N4O. The van der Waals surface area contributed by atoms with E-state index in [0.29, 0.717) is 17.4 Å². The molecule has 0 bridgehead atoms. The van der Waals surface area contributed by atoms with E-state index in [1.165, 1.54) is 0 Å². The second-order valence-electron chi connectivity index (χ2n) is 4.83. The molecule has 0 aliphatic rings. The second kappa shape index (κ2) is 5.36. The number of nitrogens with two attached hydrogens (primary N) is 1. The molecule has 0 aliphatic carbocycles. The Hall–Kier alpha value is -2.69. The number of nitrogens with zero attached hydrogens (tertiary/aromatic N) is 3. The van der Waals surface area contributed by atoms with Gasteiger partial charge in [-0.3, -0.25) is 4.98 Å². The van der Waals surface area contributed by atoms with E-state index in [1.54, 1.807) is 6.20 Å². The van der Waals surface area contributed by atoms with E-state index in [9.17, 15) is 0 Å². The summed E-state index contributed by atoms with van der Waals surface area (Å²) in [4.78, 5) is 8.63. The predicted molar refractivity (Wildman–Crippen MR) is 81.5 cm³/mol. The zero-order valence-corrected chi connectivity index (χ0v) is 12.0. The molecule has 106 valence electrons. The van der Waals surface area contributed by atoms with Crippen LogP contribution in [0, 0.1) is 6.92 Å². The van der Waals surface area contributed by atoms with E-state index >= 15 is 0 Å². The molecule has 0 spiro atoms. The maximum Gasteiger partial charge on any atom is 0.258 e. The van der Waals surface area contributed by atoms with E-state index in [2.05, 4.69) is 22.0 Å². The van der Waals surface area contributed by atoms with Gasteiger partial charge in [0.15, 0.2) is 0 Å². The number of aromatic nitrogens is 3. The lowest BCUT2D eigenvalue weighted by Gasteiger charge is -2.03. The lowest BCUT2D eigenvalue weighted by molar-refractivity contribution is 0.432. The second-order valence-corrected chi connectivity index (χ2v) is 4.83. The molecule has 3 rings (SSSR count). The van der Waals surface area contributed by atoms with Crippen LogP contribution in [0.5, 0.6) is 0 Å². The van der Waals surface area contributed by atoms with E-state index in [0.717, 1.165) is 28.7 Å². The fourth-order valence-corrected chi connectivity index (χ4v) is 2.25. The number of benzene rings is 1. The average molecular weight is 280 g/mol. The van der Waals surface area contributed by atoms with Gasteiger partial charge in [0.25, 0.3) is 5.89 Å². The number of anilines is 1. The van der Waals surface area contributed by atoms with Gasteiger partial charge in [0.2, 0.25) is 5.82 Å². The van der Waals surface area contributed by atoms with E-state index in [1.807, 2.05) is 37.4 Å². The number of hydrogen-bond acceptors (Lipinski definition) is 5. The smallest absolute Gasteiger partial charge is 0.258 e. The van der Waals surface area contributed by atoms with Gasteiger partial charge in [0, 0.05) is 29.2 Å². The van der Waals surface area contributed by atoms with E-state index < -0.39 is 0 Å². The minimum Gasteiger partial charge on any atom is -0.398 e. The monoisotopic (exact) mass is 280 g/mol. The summed E-state index contributed by atoms with van der Waals surface area (Å²) < 4.78 is 5.40. The van der Waals surface area contributed by atoms with Crippen LogP contribution >= 0.6 is 0 Å². The molecule has 0 saturated heterocycles. The third-order valence-electron chi connectivity index (χ3n) is 3.56. The first-order valence-corrected chi connectivity index (χ1v) is 6.83. The zero-order valence-electron chi connectivity index (χ0n) is 12.0. The van der Waals surface area contributed by atoms with Gasteiger partial charge in [-0.05, 0) is 42.7 Å². The molecule has 2 heterocycles. The maximum absolute atomic E-state index is 5.92. The van der Waals surface area contributed by atoms with Crippen molar-refractivity contribution < 1.29 is 4.52 Å². The lowest BCUT2D eigenvalue weighted by Crippen LogP contribution is -1.93. The summed E-state index contributed by atoms with van der Waals surface area (Å²) in [6.07, 6.45) is 4.43. The van der Waals surface area contributed by atoms with Crippen molar-refractivity contribution in [2.24, 2.45) is 0 Å². The number of aryl methyl sites for hydroxylation is 1. The molecule has 3 aromatic rings. The minimum atomic E-state index is 0.480. The van der Waals surface area contributed by atoms with Crippen molar-refractivity contribution >= 4 is 5.69 Å². The van der Waals surface area contributed by atoms with Crippen LogP contribution in [0.25, 0.3) is 22.8 Å². The Morgan fingerprint density at radius 3 is 2.86 bits per heavy atom. The van der Waals surface area contributed by atoms with Gasteiger partial charge in [-0.2, -0.15) is 4.98 Å². The van der Waals surface area contributed by atoms with Crippen LogP contribution in [0.4, 0.5) is 5.69 Å². The molecule has 0 unspecified atom stereocenters. The van der Waals surface area contributed by atoms with Crippen LogP contribution in [0.15, 0.2) is 41.2 Å². The molecule has 2 N–H and O–H groups in total. The van der Waals surface area contributed by atoms with Gasteiger partial charge >= 0.3 is 0 Å². The van der Waals surface area contributed by atoms with Crippen molar-refractivity contribution in [1.29, 1.82) is 0 Å². The largest absolute Gasteiger partial charge is 0.398 e. The number of rotatable bonds is 3. The summed E-state index contributed by atoms with van der Waals surface area (Å²) >= 11 is 0. The lowest BCUT2D eigenvalue weighted by atomic mass is 10.1. The van der Waals surface area contributed by atoms with Crippen LogP contribution < -0.4 is 5.73 Å². The van der Waals surface area contributed by atoms with Crippen LogP contribution in [0.3, 0.4) is 0 Å². The summed E-state index contributed by atoms with van der Waals surface area (Å²) in [6.45, 7) is 4.02. The molecular weight excluding hydrogens is 264 g/mol. The first-order valence-electron chi connectivity index (χ1n) is 6.83. The third-order valence-corrected chi connectivity index (χ3v) is 3.56. The molecule has 0 fully saturated rings. The molecule has 5 nitrogen and oxygen atoms in total.